The maximum absolute atomic E-state index is 3.00. The minimum Gasteiger partial charge on any atom is -0.106 e. The largest absolute Gasteiger partial charge is 0.106 e. The first-order valence-corrected chi connectivity index (χ1v) is 5.55. The Hall–Kier alpha value is 0.129. The second-order valence-electron chi connectivity index (χ2n) is 4.30. The van der Waals surface area contributed by atoms with Gasteiger partial charge in [-0.2, -0.15) is 0 Å². The van der Waals surface area contributed by atoms with Crippen LogP contribution in [0.3, 0.4) is 0 Å². The van der Waals surface area contributed by atoms with Gasteiger partial charge in [-0.3, -0.25) is 0 Å². The zero-order chi connectivity index (χ0) is 11.9. The van der Waals surface area contributed by atoms with Gasteiger partial charge in [-0.1, -0.05) is 34.6 Å². The maximum atomic E-state index is 3.00. The van der Waals surface area contributed by atoms with Crippen molar-refractivity contribution in [3.05, 3.63) is 26.3 Å². The van der Waals surface area contributed by atoms with Crippen molar-refractivity contribution in [2.75, 3.05) is 0 Å². The van der Waals surface area contributed by atoms with Crippen LogP contribution >= 0.6 is 0 Å². The Morgan fingerprint density at radius 3 is 0.600 bits per heavy atom. The quantitative estimate of drug-likeness (QED) is 0.524. The second kappa shape index (κ2) is 10.6. The van der Waals surface area contributed by atoms with Crippen LogP contribution in [-0.4, -0.2) is 0 Å². The molecule has 0 bridgehead atoms. The molecule has 93 valence electrons. The Bertz CT molecular complexity index is 97.4. The van der Waals surface area contributed by atoms with Crippen LogP contribution in [-0.2, 0) is 20.1 Å². The summed E-state index contributed by atoms with van der Waals surface area (Å²) in [6.07, 6.45) is 0. The van der Waals surface area contributed by atoms with E-state index in [2.05, 4.69) is 60.9 Å². The molecule has 1 aliphatic carbocycles. The predicted octanol–water partition coefficient (Wildman–Crippen LogP) is 4.78. The van der Waals surface area contributed by atoms with E-state index in [9.17, 15) is 0 Å². The Morgan fingerprint density at radius 2 is 0.533 bits per heavy atom. The molecule has 0 spiro atoms. The molecule has 0 nitrogen and oxygen atoms in total. The summed E-state index contributed by atoms with van der Waals surface area (Å²) in [6.45, 7) is 24.0. The van der Waals surface area contributed by atoms with Crippen molar-refractivity contribution in [3.8, 4) is 0 Å². The molecule has 1 saturated carbocycles. The first-order valence-electron chi connectivity index (χ1n) is 5.55. The summed E-state index contributed by atoms with van der Waals surface area (Å²) >= 11 is 0. The zero-order valence-electron chi connectivity index (χ0n) is 11.0. The molecule has 0 aromatic carbocycles. The molecular formula is C14H28Ir. The third-order valence-electron chi connectivity index (χ3n) is 4.15. The molecule has 0 N–H and O–H groups in total. The molecular weight excluding hydrogens is 360 g/mol. The van der Waals surface area contributed by atoms with Gasteiger partial charge in [0.2, 0.25) is 0 Å². The molecule has 1 rings (SSSR count). The molecule has 0 aromatic heterocycles. The first-order chi connectivity index (χ1) is 6.55. The minimum atomic E-state index is 0. The van der Waals surface area contributed by atoms with E-state index in [-0.39, 0.29) is 20.1 Å². The second-order valence-corrected chi connectivity index (χ2v) is 4.30. The maximum Gasteiger partial charge on any atom is 0 e. The number of rotatable bonds is 0. The van der Waals surface area contributed by atoms with E-state index in [4.69, 9.17) is 0 Å². The van der Waals surface area contributed by atoms with E-state index >= 15 is 0 Å². The Labute approximate surface area is 111 Å². The van der Waals surface area contributed by atoms with E-state index in [1.165, 1.54) is 0 Å². The number of hydrogen-bond acceptors (Lipinski definition) is 0. The molecule has 0 amide bonds. The predicted molar refractivity (Wildman–Crippen MR) is 68.3 cm³/mol. The van der Waals surface area contributed by atoms with Gasteiger partial charge in [0, 0.05) is 20.1 Å². The van der Waals surface area contributed by atoms with Gasteiger partial charge in [0.1, 0.15) is 0 Å². The van der Waals surface area contributed by atoms with E-state index in [0.717, 1.165) is 29.6 Å². The molecule has 0 unspecified atom stereocenters. The van der Waals surface area contributed by atoms with Gasteiger partial charge >= 0.3 is 0 Å². The van der Waals surface area contributed by atoms with Crippen LogP contribution in [0.25, 0.3) is 0 Å². The summed E-state index contributed by atoms with van der Waals surface area (Å²) in [6, 6.07) is 0. The standard InChI is InChI=1S/C10H20.2C2H4.Ir/c1-6-7(2)9(4)10(5)8(6)3;2*1-2;/h6-10H,1-5H3;2*1-2H2;. The summed E-state index contributed by atoms with van der Waals surface area (Å²) in [5, 5.41) is 0. The van der Waals surface area contributed by atoms with Crippen molar-refractivity contribution < 1.29 is 20.1 Å². The summed E-state index contributed by atoms with van der Waals surface area (Å²) in [4.78, 5) is 0. The van der Waals surface area contributed by atoms with Gasteiger partial charge in [-0.25, -0.2) is 0 Å². The van der Waals surface area contributed by atoms with E-state index in [1.54, 1.807) is 0 Å². The van der Waals surface area contributed by atoms with E-state index in [1.807, 2.05) is 0 Å². The fraction of sp³-hybridized carbons (Fsp3) is 0.714. The summed E-state index contributed by atoms with van der Waals surface area (Å²) in [5.41, 5.74) is 0. The molecule has 0 aliphatic heterocycles. The van der Waals surface area contributed by atoms with Gasteiger partial charge in [-0.05, 0) is 29.6 Å². The smallest absolute Gasteiger partial charge is 0 e. The van der Waals surface area contributed by atoms with Gasteiger partial charge in [0.05, 0.1) is 0 Å². The van der Waals surface area contributed by atoms with Gasteiger partial charge < -0.3 is 0 Å². The van der Waals surface area contributed by atoms with Gasteiger partial charge in [0.15, 0.2) is 0 Å². The average molecular weight is 389 g/mol. The Balaban J connectivity index is -0.000000258. The molecule has 0 saturated heterocycles. The fourth-order valence-electron chi connectivity index (χ4n) is 2.39. The summed E-state index contributed by atoms with van der Waals surface area (Å²) in [5.74, 6) is 4.68. The van der Waals surface area contributed by atoms with Crippen molar-refractivity contribution in [2.24, 2.45) is 29.6 Å². The van der Waals surface area contributed by atoms with Crippen LogP contribution in [0.1, 0.15) is 34.6 Å². The van der Waals surface area contributed by atoms with Gasteiger partial charge in [0.25, 0.3) is 0 Å². The van der Waals surface area contributed by atoms with E-state index < -0.39 is 0 Å². The first kappa shape index (κ1) is 20.5. The minimum absolute atomic E-state index is 0. The van der Waals surface area contributed by atoms with Crippen molar-refractivity contribution in [1.29, 1.82) is 0 Å². The monoisotopic (exact) mass is 389 g/mol. The third kappa shape index (κ3) is 5.13. The summed E-state index contributed by atoms with van der Waals surface area (Å²) in [7, 11) is 0. The van der Waals surface area contributed by atoms with Crippen LogP contribution < -0.4 is 0 Å². The molecule has 0 aromatic rings. The van der Waals surface area contributed by atoms with Crippen LogP contribution in [0.4, 0.5) is 0 Å². The molecule has 0 atom stereocenters. The molecule has 15 heavy (non-hydrogen) atoms. The SMILES string of the molecule is C=C.C=C.CC1C(C)C(C)C(C)C1C.[Ir]. The Morgan fingerprint density at radius 1 is 0.467 bits per heavy atom. The van der Waals surface area contributed by atoms with Crippen molar-refractivity contribution in [2.45, 2.75) is 34.6 Å². The molecule has 1 fully saturated rings. The molecule has 1 radical (unpaired) electrons. The Kier molecular flexibility index (Phi) is 14.6. The van der Waals surface area contributed by atoms with Crippen molar-refractivity contribution in [1.82, 2.24) is 0 Å². The van der Waals surface area contributed by atoms with E-state index in [0.29, 0.717) is 0 Å². The van der Waals surface area contributed by atoms with Crippen LogP contribution in [0, 0.1) is 29.6 Å². The normalized spacial score (nSPS) is 37.5. The number of hydrogen-bond donors (Lipinski definition) is 0. The van der Waals surface area contributed by atoms with Crippen LogP contribution in [0.2, 0.25) is 0 Å². The van der Waals surface area contributed by atoms with Crippen LogP contribution in [0.15, 0.2) is 26.3 Å². The molecule has 0 heterocycles. The third-order valence-corrected chi connectivity index (χ3v) is 4.15. The topological polar surface area (TPSA) is 0 Å². The fourth-order valence-corrected chi connectivity index (χ4v) is 2.39. The van der Waals surface area contributed by atoms with Crippen molar-refractivity contribution >= 4 is 0 Å². The molecule has 1 heteroatoms. The van der Waals surface area contributed by atoms with Crippen molar-refractivity contribution in [3.63, 3.8) is 0 Å². The average Bonchev–Trinajstić information content (AvgIpc) is 2.42. The molecule has 1 aliphatic rings. The van der Waals surface area contributed by atoms with Gasteiger partial charge in [-0.15, -0.1) is 26.3 Å². The summed E-state index contributed by atoms with van der Waals surface area (Å²) < 4.78 is 0. The zero-order valence-corrected chi connectivity index (χ0v) is 13.4. The van der Waals surface area contributed by atoms with Crippen LogP contribution in [0.5, 0.6) is 0 Å².